The van der Waals surface area contributed by atoms with Crippen LogP contribution in [-0.2, 0) is 11.2 Å². The highest BCUT2D eigenvalue weighted by Gasteiger charge is 2.25. The zero-order valence-corrected chi connectivity index (χ0v) is 11.0. The minimum Gasteiger partial charge on any atom is -0.479 e. The maximum atomic E-state index is 10.9. The summed E-state index contributed by atoms with van der Waals surface area (Å²) in [5, 5.41) is 29.7. The van der Waals surface area contributed by atoms with E-state index < -0.39 is 17.0 Å². The fraction of sp³-hybridized carbons (Fsp3) is 0.364. The van der Waals surface area contributed by atoms with Crippen LogP contribution in [0.3, 0.4) is 0 Å². The van der Waals surface area contributed by atoms with Gasteiger partial charge in [-0.15, -0.1) is 0 Å². The Balaban J connectivity index is 3.12. The number of aliphatic hydroxyl groups is 1. The first-order chi connectivity index (χ1) is 8.47. The molecule has 0 aliphatic heterocycles. The standard InChI is InChI=1S/C11H12BrNO5/c12-5-1-2-7-3-4-8(10(14)11(15)16)9(6-7)13(17)18/h3-4,6,10,14H,1-2,5H2,(H,15,16). The molecular formula is C11H12BrNO5. The molecule has 1 unspecified atom stereocenters. The van der Waals surface area contributed by atoms with E-state index in [2.05, 4.69) is 15.9 Å². The average Bonchev–Trinajstić information content (AvgIpc) is 2.34. The monoisotopic (exact) mass is 317 g/mol. The molecule has 1 rings (SSSR count). The summed E-state index contributed by atoms with van der Waals surface area (Å²) in [7, 11) is 0. The summed E-state index contributed by atoms with van der Waals surface area (Å²) in [4.78, 5) is 20.8. The highest BCUT2D eigenvalue weighted by molar-refractivity contribution is 9.09. The van der Waals surface area contributed by atoms with E-state index >= 15 is 0 Å². The largest absolute Gasteiger partial charge is 0.479 e. The van der Waals surface area contributed by atoms with Gasteiger partial charge in [0.15, 0.2) is 6.10 Å². The third kappa shape index (κ3) is 3.51. The van der Waals surface area contributed by atoms with Crippen LogP contribution in [0, 0.1) is 10.1 Å². The van der Waals surface area contributed by atoms with Crippen molar-refractivity contribution in [3.05, 3.63) is 39.4 Å². The van der Waals surface area contributed by atoms with Crippen LogP contribution in [0.4, 0.5) is 5.69 Å². The molecule has 0 bridgehead atoms. The Kier molecular flexibility index (Phi) is 5.24. The minimum atomic E-state index is -1.88. The van der Waals surface area contributed by atoms with Crippen molar-refractivity contribution in [3.63, 3.8) is 0 Å². The number of benzene rings is 1. The van der Waals surface area contributed by atoms with Crippen molar-refractivity contribution >= 4 is 27.6 Å². The Hall–Kier alpha value is -1.47. The number of rotatable bonds is 6. The van der Waals surface area contributed by atoms with Gasteiger partial charge >= 0.3 is 5.97 Å². The number of nitro benzene ring substituents is 1. The molecule has 7 heteroatoms. The molecule has 0 saturated carbocycles. The molecule has 0 aliphatic carbocycles. The van der Waals surface area contributed by atoms with Crippen LogP contribution in [0.15, 0.2) is 18.2 Å². The van der Waals surface area contributed by atoms with Gasteiger partial charge in [0.2, 0.25) is 0 Å². The summed E-state index contributed by atoms with van der Waals surface area (Å²) in [6.07, 6.45) is -0.413. The maximum absolute atomic E-state index is 10.9. The Morgan fingerprint density at radius 2 is 2.17 bits per heavy atom. The van der Waals surface area contributed by atoms with E-state index in [1.54, 1.807) is 6.07 Å². The van der Waals surface area contributed by atoms with Crippen molar-refractivity contribution < 1.29 is 19.9 Å². The highest BCUT2D eigenvalue weighted by atomic mass is 79.9. The van der Waals surface area contributed by atoms with E-state index in [1.807, 2.05) is 0 Å². The number of carbonyl (C=O) groups is 1. The number of hydrogen-bond acceptors (Lipinski definition) is 4. The number of alkyl halides is 1. The normalized spacial score (nSPS) is 12.1. The average molecular weight is 318 g/mol. The van der Waals surface area contributed by atoms with Crippen molar-refractivity contribution in [2.75, 3.05) is 5.33 Å². The summed E-state index contributed by atoms with van der Waals surface area (Å²) >= 11 is 3.26. The quantitative estimate of drug-likeness (QED) is 0.475. The lowest BCUT2D eigenvalue weighted by molar-refractivity contribution is -0.386. The highest BCUT2D eigenvalue weighted by Crippen LogP contribution is 2.27. The Morgan fingerprint density at radius 3 is 2.67 bits per heavy atom. The summed E-state index contributed by atoms with van der Waals surface area (Å²) < 4.78 is 0. The number of nitrogens with zero attached hydrogens (tertiary/aromatic N) is 1. The molecule has 18 heavy (non-hydrogen) atoms. The molecule has 0 amide bonds. The molecule has 0 saturated heterocycles. The van der Waals surface area contributed by atoms with Gasteiger partial charge in [0.1, 0.15) is 0 Å². The molecule has 1 aromatic rings. The van der Waals surface area contributed by atoms with E-state index in [0.29, 0.717) is 6.42 Å². The Morgan fingerprint density at radius 1 is 1.50 bits per heavy atom. The van der Waals surface area contributed by atoms with Gasteiger partial charge in [-0.1, -0.05) is 22.0 Å². The van der Waals surface area contributed by atoms with Crippen LogP contribution in [0.5, 0.6) is 0 Å². The number of aliphatic hydroxyl groups excluding tert-OH is 1. The molecule has 1 aromatic carbocycles. The van der Waals surface area contributed by atoms with Crippen LogP contribution < -0.4 is 0 Å². The van der Waals surface area contributed by atoms with E-state index in [1.165, 1.54) is 12.1 Å². The summed E-state index contributed by atoms with van der Waals surface area (Å²) in [6.45, 7) is 0. The molecule has 2 N–H and O–H groups in total. The second-order valence-electron chi connectivity index (χ2n) is 3.68. The zero-order valence-electron chi connectivity index (χ0n) is 9.38. The van der Waals surface area contributed by atoms with Crippen molar-refractivity contribution in [3.8, 4) is 0 Å². The second-order valence-corrected chi connectivity index (χ2v) is 4.48. The second kappa shape index (κ2) is 6.46. The Bertz CT molecular complexity index is 463. The number of nitro groups is 1. The molecular weight excluding hydrogens is 306 g/mol. The smallest absolute Gasteiger partial charge is 0.337 e. The SMILES string of the molecule is O=C(O)C(O)c1ccc(CCCBr)cc1[N+](=O)[O-]. The van der Waals surface area contributed by atoms with Crippen molar-refractivity contribution in [2.45, 2.75) is 18.9 Å². The van der Waals surface area contributed by atoms with Crippen LogP contribution in [0.25, 0.3) is 0 Å². The fourth-order valence-electron chi connectivity index (χ4n) is 1.54. The van der Waals surface area contributed by atoms with Crippen molar-refractivity contribution in [2.24, 2.45) is 0 Å². The van der Waals surface area contributed by atoms with Crippen molar-refractivity contribution in [1.29, 1.82) is 0 Å². The first-order valence-electron chi connectivity index (χ1n) is 5.21. The molecule has 0 fully saturated rings. The molecule has 98 valence electrons. The molecule has 0 spiro atoms. The molecule has 0 heterocycles. The van der Waals surface area contributed by atoms with Crippen LogP contribution >= 0.6 is 15.9 Å². The molecule has 0 aromatic heterocycles. The van der Waals surface area contributed by atoms with Gasteiger partial charge in [-0.2, -0.15) is 0 Å². The van der Waals surface area contributed by atoms with E-state index in [0.717, 1.165) is 17.3 Å². The topological polar surface area (TPSA) is 101 Å². The summed E-state index contributed by atoms with van der Waals surface area (Å²) in [5.41, 5.74) is 0.176. The first-order valence-corrected chi connectivity index (χ1v) is 6.33. The predicted molar refractivity (Wildman–Crippen MR) is 67.8 cm³/mol. The molecule has 0 aliphatic rings. The van der Waals surface area contributed by atoms with Crippen molar-refractivity contribution in [1.82, 2.24) is 0 Å². The third-order valence-electron chi connectivity index (χ3n) is 2.42. The van der Waals surface area contributed by atoms with Crippen LogP contribution in [0.1, 0.15) is 23.7 Å². The predicted octanol–water partition coefficient (Wildman–Crippen LogP) is 2.04. The van der Waals surface area contributed by atoms with Gasteiger partial charge in [0, 0.05) is 11.4 Å². The van der Waals surface area contributed by atoms with Gasteiger partial charge in [-0.3, -0.25) is 10.1 Å². The van der Waals surface area contributed by atoms with Gasteiger partial charge in [-0.05, 0) is 24.5 Å². The van der Waals surface area contributed by atoms with E-state index in [9.17, 15) is 20.0 Å². The number of halogens is 1. The number of carboxylic acid groups (broad SMARTS) is 1. The van der Waals surface area contributed by atoms with Crippen LogP contribution in [-0.4, -0.2) is 26.4 Å². The number of aryl methyl sites for hydroxylation is 1. The van der Waals surface area contributed by atoms with Gasteiger partial charge in [0.05, 0.1) is 10.5 Å². The third-order valence-corrected chi connectivity index (χ3v) is 2.98. The minimum absolute atomic E-state index is 0.199. The molecule has 6 nitrogen and oxygen atoms in total. The maximum Gasteiger partial charge on any atom is 0.337 e. The zero-order chi connectivity index (χ0) is 13.7. The van der Waals surface area contributed by atoms with Gasteiger partial charge in [-0.25, -0.2) is 4.79 Å². The van der Waals surface area contributed by atoms with E-state index in [4.69, 9.17) is 5.11 Å². The van der Waals surface area contributed by atoms with Crippen LogP contribution in [0.2, 0.25) is 0 Å². The molecule has 1 atom stereocenters. The first kappa shape index (κ1) is 14.6. The fourth-order valence-corrected chi connectivity index (χ4v) is 1.82. The summed E-state index contributed by atoms with van der Waals surface area (Å²) in [6, 6.07) is 4.20. The van der Waals surface area contributed by atoms with E-state index in [-0.39, 0.29) is 11.3 Å². The van der Waals surface area contributed by atoms with Gasteiger partial charge < -0.3 is 10.2 Å². The lowest BCUT2D eigenvalue weighted by atomic mass is 10.0. The van der Waals surface area contributed by atoms with Gasteiger partial charge in [0.25, 0.3) is 5.69 Å². The number of hydrogen-bond donors (Lipinski definition) is 2. The Labute approximate surface area is 112 Å². The summed E-state index contributed by atoms with van der Waals surface area (Å²) in [5.74, 6) is -1.51. The number of carboxylic acids is 1. The lowest BCUT2D eigenvalue weighted by Crippen LogP contribution is -2.12. The number of aliphatic carboxylic acids is 1. The molecule has 0 radical (unpaired) electrons. The lowest BCUT2D eigenvalue weighted by Gasteiger charge is -2.08.